The average molecular weight is 379 g/mol. The molecule has 0 aliphatic rings. The Bertz CT molecular complexity index is 711. The van der Waals surface area contributed by atoms with Crippen molar-refractivity contribution in [1.29, 1.82) is 0 Å². The number of ether oxygens (including phenoxy) is 1. The second-order valence-electron chi connectivity index (χ2n) is 5.18. The summed E-state index contributed by atoms with van der Waals surface area (Å²) in [5.41, 5.74) is 1.24. The molecule has 0 aliphatic heterocycles. The van der Waals surface area contributed by atoms with Crippen molar-refractivity contribution >= 4 is 27.5 Å². The van der Waals surface area contributed by atoms with Crippen LogP contribution < -0.4 is 4.74 Å². The normalized spacial score (nSPS) is 10.4. The first kappa shape index (κ1) is 17.3. The topological polar surface area (TPSA) is 43.4 Å². The summed E-state index contributed by atoms with van der Waals surface area (Å²) in [5.74, 6) is -0.0281. The summed E-state index contributed by atoms with van der Waals surface area (Å²) >= 11 is 3.35. The fourth-order valence-electron chi connectivity index (χ4n) is 2.01. The van der Waals surface area contributed by atoms with Crippen LogP contribution in [0.4, 0.5) is 4.39 Å². The molecule has 0 bridgehead atoms. The van der Waals surface area contributed by atoms with E-state index in [0.29, 0.717) is 11.3 Å². The first-order valence-corrected chi connectivity index (χ1v) is 7.94. The summed E-state index contributed by atoms with van der Waals surface area (Å²) in [6.45, 7) is 1.69. The smallest absolute Gasteiger partial charge is 0.167 e. The van der Waals surface area contributed by atoms with Gasteiger partial charge in [-0.05, 0) is 42.8 Å². The first-order chi connectivity index (χ1) is 11.0. The number of carbonyl (C=O) groups is 2. The van der Waals surface area contributed by atoms with Crippen molar-refractivity contribution in [3.05, 3.63) is 63.9 Å². The van der Waals surface area contributed by atoms with Gasteiger partial charge in [0.1, 0.15) is 24.0 Å². The zero-order valence-electron chi connectivity index (χ0n) is 12.6. The molecule has 0 fully saturated rings. The van der Waals surface area contributed by atoms with Crippen LogP contribution in [0.3, 0.4) is 0 Å². The minimum Gasteiger partial charge on any atom is -0.488 e. The molecule has 0 spiro atoms. The van der Waals surface area contributed by atoms with Gasteiger partial charge in [0.15, 0.2) is 5.78 Å². The molecule has 0 amide bonds. The highest BCUT2D eigenvalue weighted by atomic mass is 79.9. The van der Waals surface area contributed by atoms with Gasteiger partial charge < -0.3 is 9.53 Å². The summed E-state index contributed by atoms with van der Waals surface area (Å²) in [6, 6.07) is 11.1. The maximum absolute atomic E-state index is 12.9. The monoisotopic (exact) mass is 378 g/mol. The molecule has 2 aromatic carbocycles. The van der Waals surface area contributed by atoms with Crippen LogP contribution in [0, 0.1) is 5.82 Å². The molecule has 5 heteroatoms. The molecule has 0 radical (unpaired) electrons. The highest BCUT2D eigenvalue weighted by molar-refractivity contribution is 9.10. The predicted octanol–water partition coefficient (Wildman–Crippen LogP) is 4.72. The molecule has 0 aromatic heterocycles. The van der Waals surface area contributed by atoms with Crippen LogP contribution in [0.2, 0.25) is 0 Å². The van der Waals surface area contributed by atoms with Crippen molar-refractivity contribution in [3.8, 4) is 5.75 Å². The van der Waals surface area contributed by atoms with E-state index in [2.05, 4.69) is 15.9 Å². The summed E-state index contributed by atoms with van der Waals surface area (Å²) in [4.78, 5) is 23.3. The summed E-state index contributed by atoms with van der Waals surface area (Å²) in [5, 5.41) is 0. The number of ketones is 2. The average Bonchev–Trinajstić information content (AvgIpc) is 2.52. The van der Waals surface area contributed by atoms with Crippen molar-refractivity contribution < 1.29 is 18.7 Å². The van der Waals surface area contributed by atoms with Crippen molar-refractivity contribution in [2.75, 3.05) is 0 Å². The van der Waals surface area contributed by atoms with Crippen LogP contribution in [0.25, 0.3) is 0 Å². The van der Waals surface area contributed by atoms with Gasteiger partial charge in [-0.3, -0.25) is 4.79 Å². The van der Waals surface area contributed by atoms with Gasteiger partial charge in [0.2, 0.25) is 0 Å². The Labute approximate surface area is 142 Å². The van der Waals surface area contributed by atoms with Crippen LogP contribution in [-0.4, -0.2) is 11.6 Å². The Morgan fingerprint density at radius 2 is 1.78 bits per heavy atom. The van der Waals surface area contributed by atoms with E-state index < -0.39 is 0 Å². The fourth-order valence-corrected chi connectivity index (χ4v) is 2.35. The van der Waals surface area contributed by atoms with E-state index in [-0.39, 0.29) is 36.8 Å². The zero-order valence-corrected chi connectivity index (χ0v) is 14.2. The van der Waals surface area contributed by atoms with Crippen LogP contribution >= 0.6 is 15.9 Å². The lowest BCUT2D eigenvalue weighted by atomic mass is 10.0. The summed E-state index contributed by atoms with van der Waals surface area (Å²) < 4.78 is 19.4. The molecule has 0 saturated carbocycles. The maximum Gasteiger partial charge on any atom is 0.167 e. The van der Waals surface area contributed by atoms with E-state index in [1.807, 2.05) is 0 Å². The van der Waals surface area contributed by atoms with Gasteiger partial charge in [-0.25, -0.2) is 4.39 Å². The standard InChI is InChI=1S/C18H16BrFO3/c1-12(21)2-9-17(22)16-8-5-14(19)10-18(16)23-11-13-3-6-15(20)7-4-13/h3-8,10H,2,9,11H2,1H3. The number of Topliss-reactive ketones (excluding diaryl/α,β-unsaturated/α-hetero) is 2. The lowest BCUT2D eigenvalue weighted by Crippen LogP contribution is -2.06. The second kappa shape index (κ2) is 8.02. The molecule has 3 nitrogen and oxygen atoms in total. The number of carbonyl (C=O) groups excluding carboxylic acids is 2. The Morgan fingerprint density at radius 3 is 2.43 bits per heavy atom. The van der Waals surface area contributed by atoms with Crippen molar-refractivity contribution in [2.24, 2.45) is 0 Å². The molecule has 0 aliphatic carbocycles. The molecular formula is C18H16BrFO3. The Kier molecular flexibility index (Phi) is 6.04. The summed E-state index contributed by atoms with van der Waals surface area (Å²) in [7, 11) is 0. The third kappa shape index (κ3) is 5.28. The maximum atomic E-state index is 12.9. The minimum absolute atomic E-state index is 0.0238. The first-order valence-electron chi connectivity index (χ1n) is 7.15. The zero-order chi connectivity index (χ0) is 16.8. The number of benzene rings is 2. The van der Waals surface area contributed by atoms with E-state index in [1.54, 1.807) is 30.3 Å². The minimum atomic E-state index is -0.309. The van der Waals surface area contributed by atoms with Gasteiger partial charge in [0.25, 0.3) is 0 Å². The number of hydrogen-bond acceptors (Lipinski definition) is 3. The number of hydrogen-bond donors (Lipinski definition) is 0. The number of rotatable bonds is 7. The van der Waals surface area contributed by atoms with Crippen LogP contribution in [0.5, 0.6) is 5.75 Å². The molecule has 0 N–H and O–H groups in total. The van der Waals surface area contributed by atoms with E-state index in [9.17, 15) is 14.0 Å². The lowest BCUT2D eigenvalue weighted by Gasteiger charge is -2.11. The van der Waals surface area contributed by atoms with Crippen molar-refractivity contribution in [3.63, 3.8) is 0 Å². The molecule has 120 valence electrons. The molecular weight excluding hydrogens is 363 g/mol. The molecule has 23 heavy (non-hydrogen) atoms. The van der Waals surface area contributed by atoms with E-state index in [0.717, 1.165) is 10.0 Å². The molecule has 0 atom stereocenters. The number of halogens is 2. The van der Waals surface area contributed by atoms with E-state index in [4.69, 9.17) is 4.74 Å². The Balaban J connectivity index is 2.13. The Hall–Kier alpha value is -2.01. The van der Waals surface area contributed by atoms with Gasteiger partial charge >= 0.3 is 0 Å². The largest absolute Gasteiger partial charge is 0.488 e. The SMILES string of the molecule is CC(=O)CCC(=O)c1ccc(Br)cc1OCc1ccc(F)cc1. The van der Waals surface area contributed by atoms with Gasteiger partial charge in [-0.15, -0.1) is 0 Å². The van der Waals surface area contributed by atoms with Crippen LogP contribution in [-0.2, 0) is 11.4 Å². The highest BCUT2D eigenvalue weighted by Gasteiger charge is 2.14. The van der Waals surface area contributed by atoms with Crippen molar-refractivity contribution in [1.82, 2.24) is 0 Å². The second-order valence-corrected chi connectivity index (χ2v) is 6.10. The van der Waals surface area contributed by atoms with E-state index >= 15 is 0 Å². The van der Waals surface area contributed by atoms with Crippen molar-refractivity contribution in [2.45, 2.75) is 26.4 Å². The van der Waals surface area contributed by atoms with Crippen LogP contribution in [0.1, 0.15) is 35.7 Å². The molecule has 2 rings (SSSR count). The molecule has 0 unspecified atom stereocenters. The van der Waals surface area contributed by atoms with Gasteiger partial charge in [-0.2, -0.15) is 0 Å². The van der Waals surface area contributed by atoms with Gasteiger partial charge in [0, 0.05) is 17.3 Å². The molecule has 0 heterocycles. The van der Waals surface area contributed by atoms with E-state index in [1.165, 1.54) is 19.1 Å². The molecule has 2 aromatic rings. The van der Waals surface area contributed by atoms with Gasteiger partial charge in [0.05, 0.1) is 5.56 Å². The predicted molar refractivity (Wildman–Crippen MR) is 89.1 cm³/mol. The Morgan fingerprint density at radius 1 is 1.09 bits per heavy atom. The fraction of sp³-hybridized carbons (Fsp3) is 0.222. The lowest BCUT2D eigenvalue weighted by molar-refractivity contribution is -0.116. The third-order valence-corrected chi connectivity index (χ3v) is 3.75. The van der Waals surface area contributed by atoms with Gasteiger partial charge in [-0.1, -0.05) is 28.1 Å². The quantitative estimate of drug-likeness (QED) is 0.654. The summed E-state index contributed by atoms with van der Waals surface area (Å²) in [6.07, 6.45) is 0.371. The highest BCUT2D eigenvalue weighted by Crippen LogP contribution is 2.26. The third-order valence-electron chi connectivity index (χ3n) is 3.26. The van der Waals surface area contributed by atoms with Crippen LogP contribution in [0.15, 0.2) is 46.9 Å². The molecule has 0 saturated heterocycles.